The van der Waals surface area contributed by atoms with Gasteiger partial charge in [-0.3, -0.25) is 9.79 Å². The van der Waals surface area contributed by atoms with Gasteiger partial charge >= 0.3 is 0 Å². The summed E-state index contributed by atoms with van der Waals surface area (Å²) < 4.78 is 5.30. The summed E-state index contributed by atoms with van der Waals surface area (Å²) in [7, 11) is -1.00. The van der Waals surface area contributed by atoms with E-state index in [1.165, 1.54) is 12.3 Å². The highest BCUT2D eigenvalue weighted by molar-refractivity contribution is 6.76. The van der Waals surface area contributed by atoms with Gasteiger partial charge in [-0.1, -0.05) is 19.6 Å². The van der Waals surface area contributed by atoms with Crippen molar-refractivity contribution in [3.8, 4) is 0 Å². The fourth-order valence-electron chi connectivity index (χ4n) is 0.717. The molecule has 4 nitrogen and oxygen atoms in total. The second-order valence-electron chi connectivity index (χ2n) is 4.46. The van der Waals surface area contributed by atoms with Crippen molar-refractivity contribution in [2.75, 3.05) is 13.3 Å². The molecule has 86 valence electrons. The fourth-order valence-corrected chi connectivity index (χ4v) is 1.47. The number of hydrogen-bond donors (Lipinski definition) is 1. The van der Waals surface area contributed by atoms with Gasteiger partial charge in [0.2, 0.25) is 0 Å². The van der Waals surface area contributed by atoms with Crippen molar-refractivity contribution in [1.82, 2.24) is 0 Å². The highest BCUT2D eigenvalue weighted by Gasteiger charge is 2.11. The van der Waals surface area contributed by atoms with Crippen LogP contribution in [0.2, 0.25) is 25.7 Å². The molecule has 0 amide bonds. The number of carbonyl (C=O) groups is 1. The van der Waals surface area contributed by atoms with Gasteiger partial charge in [-0.25, -0.2) is 0 Å². The predicted octanol–water partition coefficient (Wildman–Crippen LogP) is 1.41. The zero-order chi connectivity index (χ0) is 11.7. The molecule has 0 heterocycles. The molecule has 0 atom stereocenters. The Morgan fingerprint density at radius 3 is 2.67 bits per heavy atom. The van der Waals surface area contributed by atoms with Crippen molar-refractivity contribution >= 4 is 20.6 Å². The predicted molar refractivity (Wildman–Crippen MR) is 65.8 cm³/mol. The molecule has 0 saturated heterocycles. The third kappa shape index (κ3) is 11.0. The van der Waals surface area contributed by atoms with Crippen LogP contribution in [0.5, 0.6) is 0 Å². The number of nitrogens with zero attached hydrogens (tertiary/aromatic N) is 1. The molecule has 0 saturated carbocycles. The summed E-state index contributed by atoms with van der Waals surface area (Å²) in [6, 6.07) is 1.13. The number of aldehydes is 1. The Bertz CT molecular complexity index is 244. The monoisotopic (exact) mass is 228 g/mol. The standard InChI is InChI=1S/C10H20N2O2Si/c1-15(2,3)7-6-14-9-12-5-4-10(11)8-13/h4-5,8H,6-7,9,11H2,1-3H3. The lowest BCUT2D eigenvalue weighted by Gasteiger charge is -2.14. The highest BCUT2D eigenvalue weighted by Crippen LogP contribution is 2.07. The molecule has 0 aromatic carbocycles. The first kappa shape index (κ1) is 14.1. The quantitative estimate of drug-likeness (QED) is 0.235. The van der Waals surface area contributed by atoms with Crippen LogP contribution in [0.4, 0.5) is 0 Å². The Morgan fingerprint density at radius 1 is 1.47 bits per heavy atom. The van der Waals surface area contributed by atoms with Gasteiger partial charge in [0.1, 0.15) is 6.73 Å². The van der Waals surface area contributed by atoms with Crippen molar-refractivity contribution in [3.63, 3.8) is 0 Å². The largest absolute Gasteiger partial charge is 0.396 e. The minimum Gasteiger partial charge on any atom is -0.396 e. The molecular formula is C10H20N2O2Si. The molecule has 0 aliphatic heterocycles. The molecule has 0 unspecified atom stereocenters. The first-order valence-corrected chi connectivity index (χ1v) is 8.65. The molecule has 15 heavy (non-hydrogen) atoms. The molecule has 2 N–H and O–H groups in total. The summed E-state index contributed by atoms with van der Waals surface area (Å²) in [6.07, 6.45) is 3.52. The minimum atomic E-state index is -1.00. The maximum absolute atomic E-state index is 10.1. The van der Waals surface area contributed by atoms with Crippen molar-refractivity contribution in [2.45, 2.75) is 25.7 Å². The molecule has 0 aromatic heterocycles. The number of ether oxygens (including phenoxy) is 1. The third-order valence-electron chi connectivity index (χ3n) is 1.67. The first-order chi connectivity index (χ1) is 6.95. The third-order valence-corrected chi connectivity index (χ3v) is 3.37. The fraction of sp³-hybridized carbons (Fsp3) is 0.600. The van der Waals surface area contributed by atoms with E-state index in [0.29, 0.717) is 13.0 Å². The van der Waals surface area contributed by atoms with Crippen LogP contribution in [0.15, 0.2) is 16.8 Å². The normalized spacial score (nSPS) is 13.4. The Hall–Kier alpha value is -0.943. The SMILES string of the molecule is C[Si](C)(C)CCOCN=CC=C(N)C=O. The summed E-state index contributed by atoms with van der Waals surface area (Å²) in [5, 5.41) is 0. The van der Waals surface area contributed by atoms with Gasteiger partial charge in [0.25, 0.3) is 0 Å². The van der Waals surface area contributed by atoms with Crippen LogP contribution >= 0.6 is 0 Å². The maximum atomic E-state index is 10.1. The van der Waals surface area contributed by atoms with Crippen LogP contribution < -0.4 is 5.73 Å². The smallest absolute Gasteiger partial charge is 0.165 e. The van der Waals surface area contributed by atoms with Gasteiger partial charge in [0.05, 0.1) is 5.70 Å². The van der Waals surface area contributed by atoms with Crippen LogP contribution in [0.3, 0.4) is 0 Å². The summed E-state index contributed by atoms with van der Waals surface area (Å²) in [5.74, 6) is 0. The van der Waals surface area contributed by atoms with Crippen molar-refractivity contribution < 1.29 is 9.53 Å². The van der Waals surface area contributed by atoms with Gasteiger partial charge in [-0.2, -0.15) is 0 Å². The van der Waals surface area contributed by atoms with E-state index >= 15 is 0 Å². The summed E-state index contributed by atoms with van der Waals surface area (Å²) in [6.45, 7) is 7.97. The molecule has 0 fully saturated rings. The lowest BCUT2D eigenvalue weighted by molar-refractivity contribution is -0.104. The highest BCUT2D eigenvalue weighted by atomic mass is 28.3. The number of allylic oxidation sites excluding steroid dienone is 2. The van der Waals surface area contributed by atoms with Gasteiger partial charge in [-0.15, -0.1) is 0 Å². The van der Waals surface area contributed by atoms with E-state index in [4.69, 9.17) is 10.5 Å². The Morgan fingerprint density at radius 2 is 2.13 bits per heavy atom. The molecule has 0 spiro atoms. The van der Waals surface area contributed by atoms with Crippen molar-refractivity contribution in [3.05, 3.63) is 11.8 Å². The first-order valence-electron chi connectivity index (χ1n) is 4.94. The number of nitrogens with two attached hydrogens (primary N) is 1. The molecule has 0 radical (unpaired) electrons. The Balaban J connectivity index is 3.51. The van der Waals surface area contributed by atoms with E-state index in [-0.39, 0.29) is 5.70 Å². The second-order valence-corrected chi connectivity index (χ2v) is 10.1. The van der Waals surface area contributed by atoms with E-state index in [2.05, 4.69) is 24.6 Å². The second kappa shape index (κ2) is 7.36. The van der Waals surface area contributed by atoms with E-state index in [0.717, 1.165) is 12.7 Å². The van der Waals surface area contributed by atoms with Crippen LogP contribution in [0.25, 0.3) is 0 Å². The lowest BCUT2D eigenvalue weighted by atomic mass is 10.5. The topological polar surface area (TPSA) is 64.7 Å². The Kier molecular flexibility index (Phi) is 6.90. The summed E-state index contributed by atoms with van der Waals surface area (Å²) in [5.41, 5.74) is 5.40. The molecule has 0 aliphatic carbocycles. The molecule has 0 aliphatic rings. The van der Waals surface area contributed by atoms with Crippen LogP contribution in [0, 0.1) is 0 Å². The molecule has 0 rings (SSSR count). The average Bonchev–Trinajstić information content (AvgIpc) is 2.14. The lowest BCUT2D eigenvalue weighted by Crippen LogP contribution is -2.21. The van der Waals surface area contributed by atoms with E-state index < -0.39 is 8.07 Å². The summed E-state index contributed by atoms with van der Waals surface area (Å²) in [4.78, 5) is 14.0. The van der Waals surface area contributed by atoms with Gasteiger partial charge < -0.3 is 10.5 Å². The minimum absolute atomic E-state index is 0.167. The average molecular weight is 228 g/mol. The van der Waals surface area contributed by atoms with Gasteiger partial charge in [-0.05, 0) is 12.1 Å². The number of carbonyl (C=O) groups excluding carboxylic acids is 1. The molecule has 0 bridgehead atoms. The van der Waals surface area contributed by atoms with Crippen LogP contribution in [-0.4, -0.2) is 33.9 Å². The summed E-state index contributed by atoms with van der Waals surface area (Å²) >= 11 is 0. The van der Waals surface area contributed by atoms with Crippen molar-refractivity contribution in [2.24, 2.45) is 10.7 Å². The van der Waals surface area contributed by atoms with E-state index in [1.54, 1.807) is 0 Å². The maximum Gasteiger partial charge on any atom is 0.165 e. The van der Waals surface area contributed by atoms with Crippen LogP contribution in [0.1, 0.15) is 0 Å². The zero-order valence-corrected chi connectivity index (χ0v) is 10.7. The zero-order valence-electron chi connectivity index (χ0n) is 9.69. The number of rotatable bonds is 7. The molecule has 5 heteroatoms. The van der Waals surface area contributed by atoms with E-state index in [9.17, 15) is 4.79 Å². The van der Waals surface area contributed by atoms with Crippen LogP contribution in [-0.2, 0) is 9.53 Å². The van der Waals surface area contributed by atoms with Crippen molar-refractivity contribution in [1.29, 1.82) is 0 Å². The van der Waals surface area contributed by atoms with Gasteiger partial charge in [0, 0.05) is 20.9 Å². The van der Waals surface area contributed by atoms with Gasteiger partial charge in [0.15, 0.2) is 6.29 Å². The number of hydrogen-bond acceptors (Lipinski definition) is 4. The molecule has 0 aromatic rings. The number of aliphatic imine (C=N–C) groups is 1. The molecular weight excluding hydrogens is 208 g/mol. The van der Waals surface area contributed by atoms with E-state index in [1.807, 2.05) is 0 Å². The Labute approximate surface area is 92.2 Å².